The molecule has 3 N–H and O–H groups in total. The standard InChI is InChI=1S/C3H7NO4P/c5-9(6,7)3-4-1-2-8-3/h5-7H,1-2H2/q+1. The Balaban J connectivity index is 2.61. The van der Waals surface area contributed by atoms with Gasteiger partial charge in [0.1, 0.15) is 6.61 Å². The number of hydrogen-bond donors (Lipinski definition) is 3. The molecule has 1 rings (SSSR count). The second-order valence-corrected chi connectivity index (χ2v) is 3.10. The van der Waals surface area contributed by atoms with Crippen molar-refractivity contribution in [2.75, 3.05) is 13.2 Å². The van der Waals surface area contributed by atoms with Crippen molar-refractivity contribution in [1.82, 2.24) is 0 Å². The summed E-state index contributed by atoms with van der Waals surface area (Å²) in [7, 11) is -3.94. The first-order chi connectivity index (χ1) is 4.11. The normalized spacial score (nSPS) is 19.2. The van der Waals surface area contributed by atoms with Gasteiger partial charge in [0, 0.05) is 0 Å². The van der Waals surface area contributed by atoms with Crippen LogP contribution in [-0.4, -0.2) is 33.5 Å². The third-order valence-corrected chi connectivity index (χ3v) is 1.61. The van der Waals surface area contributed by atoms with E-state index in [1.165, 1.54) is 0 Å². The Kier molecular flexibility index (Phi) is 1.68. The first kappa shape index (κ1) is 6.89. The zero-order valence-electron chi connectivity index (χ0n) is 4.56. The van der Waals surface area contributed by atoms with Gasteiger partial charge in [-0.3, -0.25) is 0 Å². The summed E-state index contributed by atoms with van der Waals surface area (Å²) in [5.74, 6) is 0. The molecule has 5 nitrogen and oxygen atoms in total. The molecule has 0 atom stereocenters. The molecule has 0 bridgehead atoms. The van der Waals surface area contributed by atoms with E-state index in [1.807, 2.05) is 0 Å². The van der Waals surface area contributed by atoms with E-state index in [-0.39, 0.29) is 5.64 Å². The Morgan fingerprint density at radius 3 is 2.33 bits per heavy atom. The minimum atomic E-state index is -3.94. The molecule has 0 amide bonds. The highest BCUT2D eigenvalue weighted by atomic mass is 31.2. The zero-order valence-corrected chi connectivity index (χ0v) is 5.45. The summed E-state index contributed by atoms with van der Waals surface area (Å²) in [6.45, 7) is 0.706. The van der Waals surface area contributed by atoms with Crippen LogP contribution in [-0.2, 0) is 4.74 Å². The molecule has 0 fully saturated rings. The molecule has 0 aromatic rings. The van der Waals surface area contributed by atoms with Crippen LogP contribution in [0.25, 0.3) is 0 Å². The van der Waals surface area contributed by atoms with E-state index < -0.39 is 7.94 Å². The summed E-state index contributed by atoms with van der Waals surface area (Å²) in [5, 5.41) is 0. The molecular formula is C3H7NO4P+. The van der Waals surface area contributed by atoms with Gasteiger partial charge in [-0.25, -0.2) is 4.99 Å². The van der Waals surface area contributed by atoms with Crippen molar-refractivity contribution < 1.29 is 19.4 Å². The first-order valence-corrected chi connectivity index (χ1v) is 4.00. The predicted molar refractivity (Wildman–Crippen MR) is 31.8 cm³/mol. The quantitative estimate of drug-likeness (QED) is 0.426. The molecule has 0 radical (unpaired) electrons. The van der Waals surface area contributed by atoms with Crippen LogP contribution in [0.3, 0.4) is 0 Å². The van der Waals surface area contributed by atoms with Gasteiger partial charge in [-0.1, -0.05) is 0 Å². The van der Waals surface area contributed by atoms with E-state index in [4.69, 9.17) is 14.7 Å². The van der Waals surface area contributed by atoms with Crippen LogP contribution in [0.4, 0.5) is 0 Å². The number of ether oxygens (including phenoxy) is 1. The summed E-state index contributed by atoms with van der Waals surface area (Å²) in [6.07, 6.45) is 0. The van der Waals surface area contributed by atoms with Crippen molar-refractivity contribution in [2.24, 2.45) is 4.99 Å². The Bertz CT molecular complexity index is 139. The van der Waals surface area contributed by atoms with Crippen molar-refractivity contribution in [3.8, 4) is 0 Å². The Labute approximate surface area is 52.2 Å². The van der Waals surface area contributed by atoms with Crippen molar-refractivity contribution in [2.45, 2.75) is 0 Å². The van der Waals surface area contributed by atoms with E-state index in [1.54, 1.807) is 0 Å². The van der Waals surface area contributed by atoms with E-state index in [0.29, 0.717) is 13.2 Å². The molecule has 1 heterocycles. The van der Waals surface area contributed by atoms with Crippen LogP contribution >= 0.6 is 7.94 Å². The lowest BCUT2D eigenvalue weighted by Crippen LogP contribution is -2.04. The average molecular weight is 152 g/mol. The maximum absolute atomic E-state index is 8.48. The van der Waals surface area contributed by atoms with Gasteiger partial charge in [0.2, 0.25) is 0 Å². The fourth-order valence-electron chi connectivity index (χ4n) is 0.505. The molecule has 0 aliphatic carbocycles. The predicted octanol–water partition coefficient (Wildman–Crippen LogP) is -0.888. The van der Waals surface area contributed by atoms with Crippen molar-refractivity contribution in [3.63, 3.8) is 0 Å². The summed E-state index contributed by atoms with van der Waals surface area (Å²) >= 11 is 0. The highest BCUT2D eigenvalue weighted by Gasteiger charge is 2.44. The summed E-state index contributed by atoms with van der Waals surface area (Å²) in [6, 6.07) is 0. The molecule has 0 aromatic carbocycles. The second-order valence-electron chi connectivity index (χ2n) is 1.58. The molecule has 0 spiro atoms. The fourth-order valence-corrected chi connectivity index (χ4v) is 1.06. The van der Waals surface area contributed by atoms with E-state index >= 15 is 0 Å². The average Bonchev–Trinajstić information content (AvgIpc) is 2.08. The van der Waals surface area contributed by atoms with Crippen molar-refractivity contribution >= 4 is 13.6 Å². The van der Waals surface area contributed by atoms with Gasteiger partial charge >= 0.3 is 13.6 Å². The molecule has 0 saturated carbocycles. The summed E-state index contributed by atoms with van der Waals surface area (Å²) < 4.78 is 4.57. The molecule has 0 saturated heterocycles. The second kappa shape index (κ2) is 2.19. The Morgan fingerprint density at radius 1 is 1.44 bits per heavy atom. The number of aliphatic imine (C=N–C) groups is 1. The zero-order chi connectivity index (χ0) is 6.91. The lowest BCUT2D eigenvalue weighted by Gasteiger charge is -1.99. The van der Waals surface area contributed by atoms with Crippen LogP contribution in [0.1, 0.15) is 0 Å². The van der Waals surface area contributed by atoms with Gasteiger partial charge in [-0.05, 0) is 0 Å². The third kappa shape index (κ3) is 1.59. The topological polar surface area (TPSA) is 82.3 Å². The van der Waals surface area contributed by atoms with Crippen LogP contribution in [0.2, 0.25) is 0 Å². The summed E-state index contributed by atoms with van der Waals surface area (Å²) in [4.78, 5) is 29.0. The molecule has 52 valence electrons. The highest BCUT2D eigenvalue weighted by Crippen LogP contribution is 2.47. The SMILES string of the molecule is O[P+](O)(O)C1=NCCO1. The third-order valence-electron chi connectivity index (χ3n) is 0.826. The van der Waals surface area contributed by atoms with E-state index in [9.17, 15) is 0 Å². The van der Waals surface area contributed by atoms with Crippen LogP contribution < -0.4 is 0 Å². The molecule has 1 aliphatic heterocycles. The van der Waals surface area contributed by atoms with Gasteiger partial charge in [-0.15, -0.1) is 0 Å². The van der Waals surface area contributed by atoms with Crippen LogP contribution in [0.15, 0.2) is 4.99 Å². The van der Waals surface area contributed by atoms with Gasteiger partial charge in [-0.2, -0.15) is 14.7 Å². The Hall–Kier alpha value is -0.220. The molecular weight excluding hydrogens is 145 g/mol. The van der Waals surface area contributed by atoms with Crippen molar-refractivity contribution in [1.29, 1.82) is 0 Å². The first-order valence-electron chi connectivity index (χ1n) is 2.36. The lowest BCUT2D eigenvalue weighted by molar-refractivity contribution is 0.307. The van der Waals surface area contributed by atoms with Gasteiger partial charge < -0.3 is 4.74 Å². The van der Waals surface area contributed by atoms with Crippen molar-refractivity contribution in [3.05, 3.63) is 0 Å². The minimum absolute atomic E-state index is 0.317. The van der Waals surface area contributed by atoms with E-state index in [0.717, 1.165) is 0 Å². The fraction of sp³-hybridized carbons (Fsp3) is 0.667. The van der Waals surface area contributed by atoms with Gasteiger partial charge in [0.25, 0.3) is 0 Å². The van der Waals surface area contributed by atoms with Gasteiger partial charge in [0.15, 0.2) is 0 Å². The molecule has 9 heavy (non-hydrogen) atoms. The van der Waals surface area contributed by atoms with E-state index in [2.05, 4.69) is 9.73 Å². The highest BCUT2D eigenvalue weighted by molar-refractivity contribution is 7.75. The van der Waals surface area contributed by atoms with Crippen LogP contribution in [0.5, 0.6) is 0 Å². The molecule has 1 aliphatic rings. The van der Waals surface area contributed by atoms with Gasteiger partial charge in [0.05, 0.1) is 6.54 Å². The monoisotopic (exact) mass is 152 g/mol. The van der Waals surface area contributed by atoms with Crippen LogP contribution in [0, 0.1) is 0 Å². The summed E-state index contributed by atoms with van der Waals surface area (Å²) in [5.41, 5.74) is -0.317. The molecule has 0 aromatic heterocycles. The lowest BCUT2D eigenvalue weighted by atomic mass is 10.8. The number of nitrogens with zero attached hydrogens (tertiary/aromatic N) is 1. The molecule has 6 heteroatoms. The number of hydrogen-bond acceptors (Lipinski definition) is 5. The number of rotatable bonds is 1. The maximum atomic E-state index is 8.48. The minimum Gasteiger partial charge on any atom is -0.444 e. The largest absolute Gasteiger partial charge is 0.501 e. The molecule has 0 unspecified atom stereocenters. The maximum Gasteiger partial charge on any atom is 0.501 e. The Morgan fingerprint density at radius 2 is 2.11 bits per heavy atom. The smallest absolute Gasteiger partial charge is 0.444 e.